The van der Waals surface area contributed by atoms with Gasteiger partial charge in [0.1, 0.15) is 0 Å². The molecular weight excluding hydrogens is 292 g/mol. The minimum atomic E-state index is 0.0441. The summed E-state index contributed by atoms with van der Waals surface area (Å²) < 4.78 is 1.06. The highest BCUT2D eigenvalue weighted by Crippen LogP contribution is 2.22. The van der Waals surface area contributed by atoms with Gasteiger partial charge in [0, 0.05) is 17.1 Å². The molecule has 0 heterocycles. The van der Waals surface area contributed by atoms with Crippen molar-refractivity contribution in [1.82, 2.24) is 10.6 Å². The normalized spacial score (nSPS) is 12.5. The van der Waals surface area contributed by atoms with Crippen molar-refractivity contribution in [3.8, 4) is 0 Å². The van der Waals surface area contributed by atoms with Crippen molar-refractivity contribution in [2.75, 3.05) is 13.1 Å². The average molecular weight is 313 g/mol. The van der Waals surface area contributed by atoms with Crippen LogP contribution in [0.1, 0.15) is 32.4 Å². The number of halogens is 1. The molecule has 0 aliphatic heterocycles. The Morgan fingerprint density at radius 2 is 1.94 bits per heavy atom. The van der Waals surface area contributed by atoms with Gasteiger partial charge in [-0.1, -0.05) is 48.0 Å². The van der Waals surface area contributed by atoms with Gasteiger partial charge in [-0.2, -0.15) is 0 Å². The third-order valence-electron chi connectivity index (χ3n) is 2.65. The van der Waals surface area contributed by atoms with E-state index in [0.717, 1.165) is 16.6 Å². The van der Waals surface area contributed by atoms with Crippen molar-refractivity contribution in [3.63, 3.8) is 0 Å². The molecule has 4 heteroatoms. The van der Waals surface area contributed by atoms with Crippen LogP contribution < -0.4 is 10.6 Å². The van der Waals surface area contributed by atoms with Gasteiger partial charge in [0.25, 0.3) is 0 Å². The van der Waals surface area contributed by atoms with Gasteiger partial charge in [-0.15, -0.1) is 0 Å². The van der Waals surface area contributed by atoms with Crippen LogP contribution in [0.3, 0.4) is 0 Å². The second-order valence-electron chi connectivity index (χ2n) is 4.82. The molecule has 1 aromatic carbocycles. The van der Waals surface area contributed by atoms with E-state index in [9.17, 15) is 4.79 Å². The number of benzene rings is 1. The molecule has 0 fully saturated rings. The van der Waals surface area contributed by atoms with E-state index in [4.69, 9.17) is 0 Å². The van der Waals surface area contributed by atoms with Crippen LogP contribution in [0.4, 0.5) is 0 Å². The van der Waals surface area contributed by atoms with E-state index in [-0.39, 0.29) is 11.9 Å². The molecule has 3 nitrogen and oxygen atoms in total. The molecule has 1 amide bonds. The Labute approximate surface area is 117 Å². The molecule has 0 aliphatic rings. The van der Waals surface area contributed by atoms with Crippen LogP contribution in [-0.4, -0.2) is 19.0 Å². The summed E-state index contributed by atoms with van der Waals surface area (Å²) in [6.45, 7) is 7.28. The maximum absolute atomic E-state index is 11.6. The maximum atomic E-state index is 11.6. The van der Waals surface area contributed by atoms with E-state index < -0.39 is 0 Å². The molecule has 0 saturated carbocycles. The first-order chi connectivity index (χ1) is 8.50. The van der Waals surface area contributed by atoms with Crippen molar-refractivity contribution in [3.05, 3.63) is 34.3 Å². The van der Waals surface area contributed by atoms with Gasteiger partial charge in [0.15, 0.2) is 0 Å². The fourth-order valence-electron chi connectivity index (χ4n) is 1.56. The highest BCUT2D eigenvalue weighted by Gasteiger charge is 2.10. The topological polar surface area (TPSA) is 41.1 Å². The third kappa shape index (κ3) is 5.19. The van der Waals surface area contributed by atoms with Crippen molar-refractivity contribution in [2.45, 2.75) is 26.8 Å². The number of rotatable bonds is 6. The molecule has 0 spiro atoms. The lowest BCUT2D eigenvalue weighted by Gasteiger charge is -2.16. The SMILES string of the molecule is CC(C)CNC(=O)CNC(C)c1ccccc1Br. The van der Waals surface area contributed by atoms with Crippen molar-refractivity contribution < 1.29 is 4.79 Å². The number of carbonyl (C=O) groups excluding carboxylic acids is 1. The Morgan fingerprint density at radius 1 is 1.28 bits per heavy atom. The predicted octanol–water partition coefficient (Wildman–Crippen LogP) is 2.87. The molecule has 18 heavy (non-hydrogen) atoms. The van der Waals surface area contributed by atoms with Gasteiger partial charge in [0.05, 0.1) is 6.54 Å². The summed E-state index contributed by atoms with van der Waals surface area (Å²) in [7, 11) is 0. The summed E-state index contributed by atoms with van der Waals surface area (Å²) in [5, 5.41) is 6.11. The van der Waals surface area contributed by atoms with Gasteiger partial charge in [-0.05, 0) is 24.5 Å². The maximum Gasteiger partial charge on any atom is 0.233 e. The number of hydrogen-bond acceptors (Lipinski definition) is 2. The molecule has 0 bridgehead atoms. The lowest BCUT2D eigenvalue weighted by molar-refractivity contribution is -0.120. The van der Waals surface area contributed by atoms with Gasteiger partial charge in [-0.25, -0.2) is 0 Å². The first kappa shape index (κ1) is 15.2. The second-order valence-corrected chi connectivity index (χ2v) is 5.68. The standard InChI is InChI=1S/C14H21BrN2O/c1-10(2)8-17-14(18)9-16-11(3)12-6-4-5-7-13(12)15/h4-7,10-11,16H,8-9H2,1-3H3,(H,17,18). The summed E-state index contributed by atoms with van der Waals surface area (Å²) in [5.41, 5.74) is 1.16. The minimum Gasteiger partial charge on any atom is -0.355 e. The van der Waals surface area contributed by atoms with Gasteiger partial charge in [-0.3, -0.25) is 4.79 Å². The Bertz CT molecular complexity index is 393. The van der Waals surface area contributed by atoms with E-state index in [1.807, 2.05) is 24.3 Å². The van der Waals surface area contributed by atoms with Crippen LogP contribution in [0.5, 0.6) is 0 Å². The van der Waals surface area contributed by atoms with Crippen LogP contribution in [0.25, 0.3) is 0 Å². The van der Waals surface area contributed by atoms with Crippen LogP contribution >= 0.6 is 15.9 Å². The molecule has 1 unspecified atom stereocenters. The first-order valence-electron chi connectivity index (χ1n) is 6.25. The minimum absolute atomic E-state index is 0.0441. The first-order valence-corrected chi connectivity index (χ1v) is 7.04. The second kappa shape index (κ2) is 7.54. The molecule has 1 aromatic rings. The van der Waals surface area contributed by atoms with Crippen molar-refractivity contribution in [2.24, 2.45) is 5.92 Å². The highest BCUT2D eigenvalue weighted by molar-refractivity contribution is 9.10. The molecule has 0 saturated heterocycles. The molecule has 0 aliphatic carbocycles. The summed E-state index contributed by atoms with van der Waals surface area (Å²) in [4.78, 5) is 11.6. The van der Waals surface area contributed by atoms with Crippen LogP contribution in [0, 0.1) is 5.92 Å². The molecule has 0 aromatic heterocycles. The monoisotopic (exact) mass is 312 g/mol. The summed E-state index contributed by atoms with van der Waals surface area (Å²) in [5.74, 6) is 0.525. The van der Waals surface area contributed by atoms with Gasteiger partial charge < -0.3 is 10.6 Å². The lowest BCUT2D eigenvalue weighted by Crippen LogP contribution is -2.36. The van der Waals surface area contributed by atoms with E-state index in [0.29, 0.717) is 12.5 Å². The van der Waals surface area contributed by atoms with Gasteiger partial charge in [0.2, 0.25) is 5.91 Å². The molecule has 1 rings (SSSR count). The van der Waals surface area contributed by atoms with Crippen LogP contribution in [0.15, 0.2) is 28.7 Å². The largest absolute Gasteiger partial charge is 0.355 e. The zero-order valence-electron chi connectivity index (χ0n) is 11.2. The lowest BCUT2D eigenvalue weighted by atomic mass is 10.1. The van der Waals surface area contributed by atoms with Crippen LogP contribution in [0.2, 0.25) is 0 Å². The number of carbonyl (C=O) groups is 1. The summed E-state index contributed by atoms with van der Waals surface area (Å²) in [6.07, 6.45) is 0. The zero-order chi connectivity index (χ0) is 13.5. The Balaban J connectivity index is 2.39. The van der Waals surface area contributed by atoms with E-state index in [2.05, 4.69) is 47.3 Å². The molecule has 100 valence electrons. The van der Waals surface area contributed by atoms with E-state index >= 15 is 0 Å². The smallest absolute Gasteiger partial charge is 0.233 e. The fourth-order valence-corrected chi connectivity index (χ4v) is 2.19. The number of hydrogen-bond donors (Lipinski definition) is 2. The number of nitrogens with one attached hydrogen (secondary N) is 2. The quantitative estimate of drug-likeness (QED) is 0.848. The average Bonchev–Trinajstić information content (AvgIpc) is 2.34. The Kier molecular flexibility index (Phi) is 6.36. The molecule has 0 radical (unpaired) electrons. The predicted molar refractivity (Wildman–Crippen MR) is 78.4 cm³/mol. The summed E-state index contributed by atoms with van der Waals surface area (Å²) in [6, 6.07) is 8.18. The van der Waals surface area contributed by atoms with Crippen LogP contribution in [-0.2, 0) is 4.79 Å². The number of amides is 1. The zero-order valence-corrected chi connectivity index (χ0v) is 12.8. The highest BCUT2D eigenvalue weighted by atomic mass is 79.9. The van der Waals surface area contributed by atoms with Crippen molar-refractivity contribution in [1.29, 1.82) is 0 Å². The van der Waals surface area contributed by atoms with E-state index in [1.165, 1.54) is 0 Å². The fraction of sp³-hybridized carbons (Fsp3) is 0.500. The van der Waals surface area contributed by atoms with Gasteiger partial charge >= 0.3 is 0 Å². The molecule has 2 N–H and O–H groups in total. The third-order valence-corrected chi connectivity index (χ3v) is 3.37. The molecular formula is C14H21BrN2O. The molecule has 1 atom stereocenters. The Morgan fingerprint density at radius 3 is 2.56 bits per heavy atom. The summed E-state index contributed by atoms with van der Waals surface area (Å²) >= 11 is 3.51. The van der Waals surface area contributed by atoms with E-state index in [1.54, 1.807) is 0 Å². The van der Waals surface area contributed by atoms with Crippen molar-refractivity contribution >= 4 is 21.8 Å². The Hall–Kier alpha value is -0.870.